The van der Waals surface area contributed by atoms with E-state index in [4.69, 9.17) is 0 Å². The fourth-order valence-electron chi connectivity index (χ4n) is 6.26. The molecule has 0 aromatic heterocycles. The van der Waals surface area contributed by atoms with E-state index in [0.29, 0.717) is 0 Å². The summed E-state index contributed by atoms with van der Waals surface area (Å²) in [6.07, 6.45) is 0. The van der Waals surface area contributed by atoms with Gasteiger partial charge < -0.3 is 4.90 Å². The molecular weight excluding hydrogens is 507 g/mol. The minimum Gasteiger partial charge on any atom is -0.310 e. The van der Waals surface area contributed by atoms with Gasteiger partial charge in [0.05, 0.1) is 11.4 Å². The zero-order chi connectivity index (χ0) is 26.7. The first-order valence-corrected chi connectivity index (χ1v) is 15.1. The number of hydrogen-bond donors (Lipinski definition) is 0. The molecule has 190 valence electrons. The molecule has 6 aromatic carbocycles. The van der Waals surface area contributed by atoms with Crippen LogP contribution >= 0.6 is 7.29 Å². The Morgan fingerprint density at radius 1 is 0.425 bits per heavy atom. The zero-order valence-electron chi connectivity index (χ0n) is 21.7. The summed E-state index contributed by atoms with van der Waals surface area (Å²) in [6.45, 7) is 0. The van der Waals surface area contributed by atoms with Crippen molar-refractivity contribution in [2.45, 2.75) is 0 Å². The summed E-state index contributed by atoms with van der Waals surface area (Å²) in [7, 11) is -3.20. The molecule has 0 fully saturated rings. The van der Waals surface area contributed by atoms with Crippen molar-refractivity contribution in [3.8, 4) is 22.3 Å². The average molecular weight is 533 g/mol. The van der Waals surface area contributed by atoms with Crippen LogP contribution in [0.5, 0.6) is 0 Å². The van der Waals surface area contributed by atoms with E-state index in [0.717, 1.165) is 61.3 Å². The normalized spacial score (nSPS) is 16.1. The fraction of sp³-hybridized carbons (Fsp3) is 0. The third-order valence-corrected chi connectivity index (χ3v) is 11.0. The zero-order valence-corrected chi connectivity index (χ0v) is 22.6. The first kappa shape index (κ1) is 23.1. The SMILES string of the molecule is O=P12c3ccccc3-c3ccccc3N1c1ccc(N(c3ccccc3)c3ccccc3)cc1-c1ccccc12. The molecule has 0 radical (unpaired) electrons. The standard InChI is InChI=1S/C36H25N2OP/c39-40-35-21-11-8-18-30(35)29-17-7-10-20-33(29)38(40)34-24-23-28(25-32(34)31-19-9-12-22-36(31)40)37(26-13-3-1-4-14-26)27-15-5-2-6-16-27/h1-25H. The van der Waals surface area contributed by atoms with Gasteiger partial charge in [-0.25, -0.2) is 0 Å². The van der Waals surface area contributed by atoms with Gasteiger partial charge in [0.1, 0.15) is 0 Å². The number of rotatable bonds is 3. The van der Waals surface area contributed by atoms with Gasteiger partial charge in [-0.2, -0.15) is 0 Å². The molecule has 2 aliphatic heterocycles. The quantitative estimate of drug-likeness (QED) is 0.212. The molecule has 0 aliphatic carbocycles. The van der Waals surface area contributed by atoms with Gasteiger partial charge in [0.25, 0.3) is 0 Å². The van der Waals surface area contributed by atoms with Gasteiger partial charge in [-0.15, -0.1) is 0 Å². The van der Waals surface area contributed by atoms with Gasteiger partial charge in [0.2, 0.25) is 7.29 Å². The van der Waals surface area contributed by atoms with Crippen LogP contribution in [0.3, 0.4) is 0 Å². The third-order valence-electron chi connectivity index (χ3n) is 7.95. The number of anilines is 5. The van der Waals surface area contributed by atoms with Crippen LogP contribution in [0.15, 0.2) is 152 Å². The predicted molar refractivity (Wildman–Crippen MR) is 167 cm³/mol. The molecule has 0 N–H and O–H groups in total. The maximum absolute atomic E-state index is 15.6. The number of fused-ring (bicyclic) bond motifs is 11. The lowest BCUT2D eigenvalue weighted by Crippen LogP contribution is -2.37. The first-order valence-electron chi connectivity index (χ1n) is 13.5. The Bertz CT molecular complexity index is 1910. The summed E-state index contributed by atoms with van der Waals surface area (Å²) in [6, 6.07) is 52.2. The Balaban J connectivity index is 1.41. The second-order valence-corrected chi connectivity index (χ2v) is 12.7. The summed E-state index contributed by atoms with van der Waals surface area (Å²) in [5, 5.41) is 1.78. The molecule has 2 aliphatic rings. The molecule has 0 amide bonds. The van der Waals surface area contributed by atoms with Crippen LogP contribution in [0.25, 0.3) is 22.3 Å². The molecule has 4 heteroatoms. The lowest BCUT2D eigenvalue weighted by atomic mass is 9.99. The lowest BCUT2D eigenvalue weighted by molar-refractivity contribution is 0.586. The predicted octanol–water partition coefficient (Wildman–Crippen LogP) is 9.18. The molecule has 0 bridgehead atoms. The Hall–Kier alpha value is -4.85. The maximum Gasteiger partial charge on any atom is 0.235 e. The highest BCUT2D eigenvalue weighted by molar-refractivity contribution is 7.81. The Morgan fingerprint density at radius 3 is 1.52 bits per heavy atom. The summed E-state index contributed by atoms with van der Waals surface area (Å²) >= 11 is 0. The van der Waals surface area contributed by atoms with Crippen molar-refractivity contribution in [2.24, 2.45) is 0 Å². The van der Waals surface area contributed by atoms with E-state index in [-0.39, 0.29) is 0 Å². The van der Waals surface area contributed by atoms with Crippen molar-refractivity contribution in [2.75, 3.05) is 9.57 Å². The average Bonchev–Trinajstić information content (AvgIpc) is 3.03. The van der Waals surface area contributed by atoms with Crippen molar-refractivity contribution in [3.05, 3.63) is 152 Å². The van der Waals surface area contributed by atoms with Crippen molar-refractivity contribution in [1.29, 1.82) is 0 Å². The number of hydrogen-bond acceptors (Lipinski definition) is 2. The number of benzene rings is 6. The highest BCUT2D eigenvalue weighted by atomic mass is 31.2. The monoisotopic (exact) mass is 532 g/mol. The molecule has 6 aromatic rings. The molecule has 1 unspecified atom stereocenters. The summed E-state index contributed by atoms with van der Waals surface area (Å²) in [5.41, 5.74) is 9.42. The van der Waals surface area contributed by atoms with Crippen LogP contribution in [0.1, 0.15) is 0 Å². The van der Waals surface area contributed by atoms with Crippen LogP contribution in [0, 0.1) is 0 Å². The van der Waals surface area contributed by atoms with Crippen molar-refractivity contribution >= 4 is 46.3 Å². The molecule has 3 nitrogen and oxygen atoms in total. The largest absolute Gasteiger partial charge is 0.310 e. The molecule has 0 saturated heterocycles. The van der Waals surface area contributed by atoms with Gasteiger partial charge in [-0.05, 0) is 71.8 Å². The van der Waals surface area contributed by atoms with E-state index in [2.05, 4.69) is 113 Å². The Labute approximate surface area is 234 Å². The van der Waals surface area contributed by atoms with Gasteiger partial charge in [0.15, 0.2) is 0 Å². The van der Waals surface area contributed by atoms with Crippen LogP contribution in [-0.2, 0) is 4.57 Å². The summed E-state index contributed by atoms with van der Waals surface area (Å²) < 4.78 is 17.7. The van der Waals surface area contributed by atoms with Crippen molar-refractivity contribution in [1.82, 2.24) is 0 Å². The second kappa shape index (κ2) is 8.84. The highest BCUT2D eigenvalue weighted by Gasteiger charge is 2.47. The van der Waals surface area contributed by atoms with Crippen molar-refractivity contribution in [3.63, 3.8) is 0 Å². The topological polar surface area (TPSA) is 23.6 Å². The fourth-order valence-corrected chi connectivity index (χ4v) is 9.53. The minimum atomic E-state index is -3.20. The highest BCUT2D eigenvalue weighted by Crippen LogP contribution is 2.65. The molecule has 2 heterocycles. The minimum absolute atomic E-state index is 0.882. The van der Waals surface area contributed by atoms with Crippen LogP contribution in [0.2, 0.25) is 0 Å². The van der Waals surface area contributed by atoms with E-state index in [1.54, 1.807) is 0 Å². The van der Waals surface area contributed by atoms with Gasteiger partial charge in [0, 0.05) is 38.8 Å². The van der Waals surface area contributed by atoms with Crippen LogP contribution in [0.4, 0.5) is 28.4 Å². The molecule has 8 rings (SSSR count). The van der Waals surface area contributed by atoms with Gasteiger partial charge >= 0.3 is 0 Å². The summed E-state index contributed by atoms with van der Waals surface area (Å²) in [4.78, 5) is 2.27. The van der Waals surface area contributed by atoms with Crippen LogP contribution in [-0.4, -0.2) is 0 Å². The molecular formula is C36H25N2OP. The Morgan fingerprint density at radius 2 is 0.900 bits per heavy atom. The van der Waals surface area contributed by atoms with E-state index in [9.17, 15) is 0 Å². The number of para-hydroxylation sites is 3. The first-order chi connectivity index (χ1) is 19.7. The maximum atomic E-state index is 15.6. The molecule has 1 atom stereocenters. The van der Waals surface area contributed by atoms with Gasteiger partial charge in [-0.1, -0.05) is 91.0 Å². The second-order valence-electron chi connectivity index (χ2n) is 10.1. The third kappa shape index (κ3) is 3.22. The molecule has 40 heavy (non-hydrogen) atoms. The van der Waals surface area contributed by atoms with E-state index < -0.39 is 7.29 Å². The summed E-state index contributed by atoms with van der Waals surface area (Å²) in [5.74, 6) is 0. The van der Waals surface area contributed by atoms with Crippen molar-refractivity contribution < 1.29 is 4.57 Å². The molecule has 0 saturated carbocycles. The number of nitrogens with zero attached hydrogens (tertiary/aromatic N) is 2. The Kier molecular flexibility index (Phi) is 5.10. The van der Waals surface area contributed by atoms with E-state index in [1.165, 1.54) is 0 Å². The smallest absolute Gasteiger partial charge is 0.235 e. The van der Waals surface area contributed by atoms with E-state index in [1.807, 2.05) is 48.5 Å². The van der Waals surface area contributed by atoms with Crippen LogP contribution < -0.4 is 20.2 Å². The van der Waals surface area contributed by atoms with Gasteiger partial charge in [-0.3, -0.25) is 9.24 Å². The van der Waals surface area contributed by atoms with E-state index >= 15 is 4.57 Å². The lowest BCUT2D eigenvalue weighted by Gasteiger charge is -2.44. The molecule has 0 spiro atoms.